The normalized spacial score (nSPS) is 16.8. The van der Waals surface area contributed by atoms with Crippen molar-refractivity contribution in [2.45, 2.75) is 12.5 Å². The van der Waals surface area contributed by atoms with Crippen molar-refractivity contribution in [3.05, 3.63) is 65.2 Å². The van der Waals surface area contributed by atoms with Crippen LogP contribution >= 0.6 is 0 Å². The van der Waals surface area contributed by atoms with Gasteiger partial charge < -0.3 is 10.1 Å². The Labute approximate surface area is 120 Å². The molecular formula is C16H13F2NO2. The SMILES string of the molecule is O=C(NC1CCOc2ccc(F)cc21)c1ccc(F)cc1. The van der Waals surface area contributed by atoms with Gasteiger partial charge in [-0.25, -0.2) is 8.78 Å². The van der Waals surface area contributed by atoms with Crippen molar-refractivity contribution in [2.24, 2.45) is 0 Å². The van der Waals surface area contributed by atoms with Crippen LogP contribution < -0.4 is 10.1 Å². The lowest BCUT2D eigenvalue weighted by Crippen LogP contribution is -2.32. The van der Waals surface area contributed by atoms with Crippen LogP contribution in [0.1, 0.15) is 28.4 Å². The van der Waals surface area contributed by atoms with Gasteiger partial charge in [0, 0.05) is 17.5 Å². The molecule has 0 saturated carbocycles. The molecule has 2 aromatic carbocycles. The van der Waals surface area contributed by atoms with Gasteiger partial charge in [0.15, 0.2) is 0 Å². The van der Waals surface area contributed by atoms with E-state index in [1.807, 2.05) is 0 Å². The maximum Gasteiger partial charge on any atom is 0.251 e. The van der Waals surface area contributed by atoms with Gasteiger partial charge in [0.25, 0.3) is 5.91 Å². The first-order valence-electron chi connectivity index (χ1n) is 6.62. The van der Waals surface area contributed by atoms with E-state index in [1.165, 1.54) is 36.4 Å². The van der Waals surface area contributed by atoms with Crippen molar-refractivity contribution in [1.82, 2.24) is 5.32 Å². The Balaban J connectivity index is 1.81. The number of hydrogen-bond donors (Lipinski definition) is 1. The summed E-state index contributed by atoms with van der Waals surface area (Å²) < 4.78 is 31.7. The van der Waals surface area contributed by atoms with Gasteiger partial charge in [-0.1, -0.05) is 0 Å². The summed E-state index contributed by atoms with van der Waals surface area (Å²) in [5, 5.41) is 2.83. The van der Waals surface area contributed by atoms with Crippen LogP contribution in [0.2, 0.25) is 0 Å². The summed E-state index contributed by atoms with van der Waals surface area (Å²) >= 11 is 0. The highest BCUT2D eigenvalue weighted by atomic mass is 19.1. The molecule has 2 aromatic rings. The average molecular weight is 289 g/mol. The molecule has 0 spiro atoms. The van der Waals surface area contributed by atoms with E-state index >= 15 is 0 Å². The van der Waals surface area contributed by atoms with Crippen LogP contribution in [0.4, 0.5) is 8.78 Å². The molecule has 0 radical (unpaired) electrons. The number of benzene rings is 2. The van der Waals surface area contributed by atoms with E-state index in [0.717, 1.165) is 0 Å². The largest absolute Gasteiger partial charge is 0.493 e. The predicted octanol–water partition coefficient (Wildman–Crippen LogP) is 3.22. The first-order chi connectivity index (χ1) is 10.1. The quantitative estimate of drug-likeness (QED) is 0.922. The molecule has 1 heterocycles. The molecule has 21 heavy (non-hydrogen) atoms. The molecule has 0 bridgehead atoms. The van der Waals surface area contributed by atoms with Gasteiger partial charge in [-0.05, 0) is 42.5 Å². The third-order valence-electron chi connectivity index (χ3n) is 3.42. The molecule has 0 fully saturated rings. The number of hydrogen-bond acceptors (Lipinski definition) is 2. The summed E-state index contributed by atoms with van der Waals surface area (Å²) in [7, 11) is 0. The molecule has 3 nitrogen and oxygen atoms in total. The lowest BCUT2D eigenvalue weighted by Gasteiger charge is -2.26. The summed E-state index contributed by atoms with van der Waals surface area (Å²) in [6.45, 7) is 0.451. The standard InChI is InChI=1S/C16H13F2NO2/c17-11-3-1-10(2-4-11)16(20)19-14-7-8-21-15-6-5-12(18)9-13(14)15/h1-6,9,14H,7-8H2,(H,19,20). The number of rotatable bonds is 2. The minimum absolute atomic E-state index is 0.318. The molecular weight excluding hydrogens is 276 g/mol. The summed E-state index contributed by atoms with van der Waals surface area (Å²) in [5.41, 5.74) is 0.984. The second kappa shape index (κ2) is 5.52. The van der Waals surface area contributed by atoms with Crippen LogP contribution in [-0.4, -0.2) is 12.5 Å². The van der Waals surface area contributed by atoms with Crippen LogP contribution in [0.5, 0.6) is 5.75 Å². The van der Waals surface area contributed by atoms with Crippen LogP contribution in [0.15, 0.2) is 42.5 Å². The lowest BCUT2D eigenvalue weighted by atomic mass is 10.00. The number of ether oxygens (including phenoxy) is 1. The topological polar surface area (TPSA) is 38.3 Å². The number of carbonyl (C=O) groups is 1. The van der Waals surface area contributed by atoms with E-state index in [9.17, 15) is 13.6 Å². The number of fused-ring (bicyclic) bond motifs is 1. The number of halogens is 2. The highest BCUT2D eigenvalue weighted by Gasteiger charge is 2.24. The monoisotopic (exact) mass is 289 g/mol. The van der Waals surface area contributed by atoms with Crippen molar-refractivity contribution < 1.29 is 18.3 Å². The molecule has 1 atom stereocenters. The maximum absolute atomic E-state index is 13.4. The molecule has 108 valence electrons. The summed E-state index contributed by atoms with van der Waals surface area (Å²) in [5.74, 6) is -0.519. The Morgan fingerprint density at radius 2 is 1.81 bits per heavy atom. The smallest absolute Gasteiger partial charge is 0.251 e. The predicted molar refractivity (Wildman–Crippen MR) is 73.1 cm³/mol. The Hall–Kier alpha value is -2.43. The first kappa shape index (κ1) is 13.5. The summed E-state index contributed by atoms with van der Waals surface area (Å²) in [6.07, 6.45) is 0.559. The second-order valence-corrected chi connectivity index (χ2v) is 4.85. The minimum atomic E-state index is -0.398. The Morgan fingerprint density at radius 1 is 1.10 bits per heavy atom. The van der Waals surface area contributed by atoms with Crippen LogP contribution in [0.25, 0.3) is 0 Å². The van der Waals surface area contributed by atoms with Gasteiger partial charge in [-0.3, -0.25) is 4.79 Å². The molecule has 1 N–H and O–H groups in total. The van der Waals surface area contributed by atoms with Gasteiger partial charge in [-0.2, -0.15) is 0 Å². The fourth-order valence-corrected chi connectivity index (χ4v) is 2.36. The third kappa shape index (κ3) is 2.86. The summed E-state index contributed by atoms with van der Waals surface area (Å²) in [4.78, 5) is 12.2. The van der Waals surface area contributed by atoms with Crippen LogP contribution in [0, 0.1) is 11.6 Å². The van der Waals surface area contributed by atoms with E-state index < -0.39 is 5.82 Å². The minimum Gasteiger partial charge on any atom is -0.493 e. The van der Waals surface area contributed by atoms with Crippen molar-refractivity contribution >= 4 is 5.91 Å². The zero-order chi connectivity index (χ0) is 14.8. The fraction of sp³-hybridized carbons (Fsp3) is 0.188. The van der Waals surface area contributed by atoms with E-state index in [2.05, 4.69) is 5.32 Å². The number of amides is 1. The van der Waals surface area contributed by atoms with Gasteiger partial charge >= 0.3 is 0 Å². The molecule has 0 saturated heterocycles. The Kier molecular flexibility index (Phi) is 3.56. The third-order valence-corrected chi connectivity index (χ3v) is 3.42. The van der Waals surface area contributed by atoms with Crippen LogP contribution in [-0.2, 0) is 0 Å². The second-order valence-electron chi connectivity index (χ2n) is 4.85. The number of nitrogens with one attached hydrogen (secondary N) is 1. The molecule has 1 unspecified atom stereocenters. The van der Waals surface area contributed by atoms with Crippen molar-refractivity contribution in [1.29, 1.82) is 0 Å². The average Bonchev–Trinajstić information content (AvgIpc) is 2.48. The van der Waals surface area contributed by atoms with E-state index in [4.69, 9.17) is 4.74 Å². The van der Waals surface area contributed by atoms with Crippen LogP contribution in [0.3, 0.4) is 0 Å². The number of carbonyl (C=O) groups excluding carboxylic acids is 1. The molecule has 5 heteroatoms. The Morgan fingerprint density at radius 3 is 2.57 bits per heavy atom. The highest BCUT2D eigenvalue weighted by molar-refractivity contribution is 5.94. The van der Waals surface area contributed by atoms with E-state index in [-0.39, 0.29) is 17.8 Å². The first-order valence-corrected chi connectivity index (χ1v) is 6.62. The van der Waals surface area contributed by atoms with Crippen molar-refractivity contribution in [2.75, 3.05) is 6.61 Å². The van der Waals surface area contributed by atoms with Gasteiger partial charge in [0.05, 0.1) is 12.6 Å². The zero-order valence-electron chi connectivity index (χ0n) is 11.1. The highest BCUT2D eigenvalue weighted by Crippen LogP contribution is 2.32. The molecule has 3 rings (SSSR count). The van der Waals surface area contributed by atoms with E-state index in [1.54, 1.807) is 6.07 Å². The molecule has 1 aliphatic rings. The van der Waals surface area contributed by atoms with Crippen molar-refractivity contribution in [3.8, 4) is 5.75 Å². The van der Waals surface area contributed by atoms with Crippen molar-refractivity contribution in [3.63, 3.8) is 0 Å². The van der Waals surface area contributed by atoms with E-state index in [0.29, 0.717) is 29.9 Å². The molecule has 1 aliphatic heterocycles. The maximum atomic E-state index is 13.4. The van der Waals surface area contributed by atoms with Gasteiger partial charge in [0.1, 0.15) is 17.4 Å². The van der Waals surface area contributed by atoms with Gasteiger partial charge in [0.2, 0.25) is 0 Å². The van der Waals surface area contributed by atoms with Gasteiger partial charge in [-0.15, -0.1) is 0 Å². The fourth-order valence-electron chi connectivity index (χ4n) is 2.36. The molecule has 1 amide bonds. The summed E-state index contributed by atoms with van der Waals surface area (Å²) in [6, 6.07) is 9.21. The molecule has 0 aliphatic carbocycles. The Bertz CT molecular complexity index is 670. The molecule has 0 aromatic heterocycles. The lowest BCUT2D eigenvalue weighted by molar-refractivity contribution is 0.0924. The zero-order valence-corrected chi connectivity index (χ0v) is 11.1.